The van der Waals surface area contributed by atoms with E-state index in [1.165, 1.54) is 11.8 Å². The third-order valence-electron chi connectivity index (χ3n) is 3.14. The van der Waals surface area contributed by atoms with Crippen molar-refractivity contribution in [1.82, 2.24) is 9.55 Å². The summed E-state index contributed by atoms with van der Waals surface area (Å²) in [4.78, 5) is 14.7. The molecule has 5 heteroatoms. The van der Waals surface area contributed by atoms with Gasteiger partial charge in [-0.25, -0.2) is 4.98 Å². The molecular weight excluding hydrogens is 236 g/mol. The lowest BCUT2D eigenvalue weighted by atomic mass is 9.81. The average molecular weight is 256 g/mol. The molecule has 0 fully saturated rings. The van der Waals surface area contributed by atoms with Gasteiger partial charge in [0.15, 0.2) is 5.16 Å². The van der Waals surface area contributed by atoms with Crippen LogP contribution in [-0.2, 0) is 11.3 Å². The fourth-order valence-electron chi connectivity index (χ4n) is 1.30. The number of carbonyl (C=O) groups is 1. The summed E-state index contributed by atoms with van der Waals surface area (Å²) in [5, 5.41) is 9.44. The largest absolute Gasteiger partial charge is 0.481 e. The van der Waals surface area contributed by atoms with Crippen LogP contribution in [0, 0.1) is 11.3 Å². The minimum absolute atomic E-state index is 0.0547. The number of imidazole rings is 1. The summed E-state index contributed by atoms with van der Waals surface area (Å²) in [7, 11) is 0. The van der Waals surface area contributed by atoms with Crippen molar-refractivity contribution in [3.63, 3.8) is 0 Å². The van der Waals surface area contributed by atoms with Crippen LogP contribution < -0.4 is 0 Å². The molecule has 1 aromatic heterocycles. The van der Waals surface area contributed by atoms with Gasteiger partial charge >= 0.3 is 5.97 Å². The first-order valence-corrected chi connectivity index (χ1v) is 6.67. The highest BCUT2D eigenvalue weighted by Crippen LogP contribution is 2.29. The Kier molecular flexibility index (Phi) is 4.62. The molecule has 4 nitrogen and oxygen atoms in total. The monoisotopic (exact) mass is 256 g/mol. The maximum Gasteiger partial charge on any atom is 0.313 e. The molecular formula is C12H20N2O2S. The molecule has 0 bridgehead atoms. The normalized spacial score (nSPS) is 12.1. The SMILES string of the molecule is CC(C)C(C)(C)Cn1ccnc1SCC(=O)O. The number of aliphatic carboxylic acids is 1. The summed E-state index contributed by atoms with van der Waals surface area (Å²) in [6.45, 7) is 9.67. The fourth-order valence-corrected chi connectivity index (χ4v) is 1.98. The van der Waals surface area contributed by atoms with E-state index in [1.807, 2.05) is 10.8 Å². The molecule has 0 aliphatic rings. The Bertz CT molecular complexity index is 386. The standard InChI is InChI=1S/C12H20N2O2S/c1-9(2)12(3,4)8-14-6-5-13-11(14)17-7-10(15)16/h5-6,9H,7-8H2,1-4H3,(H,15,16). The number of nitrogens with zero attached hydrogens (tertiary/aromatic N) is 2. The van der Waals surface area contributed by atoms with Gasteiger partial charge in [0, 0.05) is 18.9 Å². The van der Waals surface area contributed by atoms with Crippen LogP contribution in [0.1, 0.15) is 27.7 Å². The molecule has 1 rings (SSSR count). The van der Waals surface area contributed by atoms with E-state index >= 15 is 0 Å². The van der Waals surface area contributed by atoms with Gasteiger partial charge in [-0.15, -0.1) is 0 Å². The third kappa shape index (κ3) is 4.07. The Morgan fingerprint density at radius 2 is 2.24 bits per heavy atom. The summed E-state index contributed by atoms with van der Waals surface area (Å²) in [6, 6.07) is 0. The van der Waals surface area contributed by atoms with Gasteiger partial charge in [-0.1, -0.05) is 39.5 Å². The van der Waals surface area contributed by atoms with E-state index in [4.69, 9.17) is 5.11 Å². The second kappa shape index (κ2) is 5.58. The number of carboxylic acids is 1. The summed E-state index contributed by atoms with van der Waals surface area (Å²) in [5.74, 6) is -0.200. The van der Waals surface area contributed by atoms with Crippen LogP contribution in [0.2, 0.25) is 0 Å². The molecule has 0 spiro atoms. The van der Waals surface area contributed by atoms with E-state index in [2.05, 4.69) is 32.7 Å². The average Bonchev–Trinajstić information content (AvgIpc) is 2.61. The zero-order chi connectivity index (χ0) is 13.1. The van der Waals surface area contributed by atoms with Crippen molar-refractivity contribution in [3.8, 4) is 0 Å². The molecule has 1 heterocycles. The zero-order valence-corrected chi connectivity index (χ0v) is 11.6. The maximum absolute atomic E-state index is 10.5. The Hall–Kier alpha value is -0.970. The topological polar surface area (TPSA) is 55.1 Å². The lowest BCUT2D eigenvalue weighted by Crippen LogP contribution is -2.25. The van der Waals surface area contributed by atoms with Crippen LogP contribution in [0.5, 0.6) is 0 Å². The van der Waals surface area contributed by atoms with Crippen molar-refractivity contribution in [2.24, 2.45) is 11.3 Å². The van der Waals surface area contributed by atoms with Crippen molar-refractivity contribution in [2.45, 2.75) is 39.4 Å². The second-order valence-electron chi connectivity index (χ2n) is 5.16. The van der Waals surface area contributed by atoms with Crippen LogP contribution >= 0.6 is 11.8 Å². The predicted molar refractivity (Wildman–Crippen MR) is 69.2 cm³/mol. The van der Waals surface area contributed by atoms with Crippen LogP contribution in [-0.4, -0.2) is 26.4 Å². The van der Waals surface area contributed by atoms with E-state index < -0.39 is 5.97 Å². The van der Waals surface area contributed by atoms with Crippen LogP contribution in [0.15, 0.2) is 17.6 Å². The van der Waals surface area contributed by atoms with Crippen molar-refractivity contribution in [2.75, 3.05) is 5.75 Å². The Labute approximate surface area is 106 Å². The fraction of sp³-hybridized carbons (Fsp3) is 0.667. The highest BCUT2D eigenvalue weighted by Gasteiger charge is 2.24. The lowest BCUT2D eigenvalue weighted by molar-refractivity contribution is -0.133. The minimum atomic E-state index is -0.812. The molecule has 96 valence electrons. The number of aromatic nitrogens is 2. The molecule has 0 saturated heterocycles. The van der Waals surface area contributed by atoms with Crippen molar-refractivity contribution in [3.05, 3.63) is 12.4 Å². The quantitative estimate of drug-likeness (QED) is 0.795. The van der Waals surface area contributed by atoms with Crippen LogP contribution in [0.4, 0.5) is 0 Å². The van der Waals surface area contributed by atoms with Crippen molar-refractivity contribution >= 4 is 17.7 Å². The molecule has 0 unspecified atom stereocenters. The molecule has 0 aliphatic heterocycles. The van der Waals surface area contributed by atoms with Gasteiger partial charge in [0.1, 0.15) is 0 Å². The first-order valence-electron chi connectivity index (χ1n) is 5.68. The number of hydrogen-bond acceptors (Lipinski definition) is 3. The zero-order valence-electron chi connectivity index (χ0n) is 10.8. The first-order chi connectivity index (χ1) is 7.83. The summed E-state index contributed by atoms with van der Waals surface area (Å²) < 4.78 is 2.04. The highest BCUT2D eigenvalue weighted by molar-refractivity contribution is 7.99. The number of thioether (sulfide) groups is 1. The van der Waals surface area contributed by atoms with E-state index in [1.54, 1.807) is 6.20 Å². The molecule has 1 aromatic rings. The molecule has 1 N–H and O–H groups in total. The van der Waals surface area contributed by atoms with Crippen molar-refractivity contribution < 1.29 is 9.90 Å². The highest BCUT2D eigenvalue weighted by atomic mass is 32.2. The summed E-state index contributed by atoms with van der Waals surface area (Å²) in [6.07, 6.45) is 3.63. The third-order valence-corrected chi connectivity index (χ3v) is 4.13. The molecule has 0 aliphatic carbocycles. The smallest absolute Gasteiger partial charge is 0.313 e. The molecule has 0 amide bonds. The number of carboxylic acid groups (broad SMARTS) is 1. The van der Waals surface area contributed by atoms with Gasteiger partial charge in [-0.05, 0) is 11.3 Å². The molecule has 0 saturated carbocycles. The maximum atomic E-state index is 10.5. The Morgan fingerprint density at radius 3 is 2.76 bits per heavy atom. The minimum Gasteiger partial charge on any atom is -0.481 e. The molecule has 0 radical (unpaired) electrons. The summed E-state index contributed by atoms with van der Waals surface area (Å²) in [5.41, 5.74) is 0.166. The predicted octanol–water partition coefficient (Wildman–Crippen LogP) is 2.74. The van der Waals surface area contributed by atoms with Crippen LogP contribution in [0.25, 0.3) is 0 Å². The van der Waals surface area contributed by atoms with Gasteiger partial charge in [0.05, 0.1) is 5.75 Å². The Morgan fingerprint density at radius 1 is 1.59 bits per heavy atom. The lowest BCUT2D eigenvalue weighted by Gasteiger charge is -2.30. The molecule has 0 aromatic carbocycles. The van der Waals surface area contributed by atoms with Gasteiger partial charge in [-0.2, -0.15) is 0 Å². The summed E-state index contributed by atoms with van der Waals surface area (Å²) >= 11 is 1.27. The molecule has 0 atom stereocenters. The van der Waals surface area contributed by atoms with Crippen LogP contribution in [0.3, 0.4) is 0 Å². The first kappa shape index (κ1) is 14.1. The second-order valence-corrected chi connectivity index (χ2v) is 6.11. The van der Waals surface area contributed by atoms with Gasteiger partial charge in [0.2, 0.25) is 0 Å². The van der Waals surface area contributed by atoms with E-state index in [-0.39, 0.29) is 11.2 Å². The van der Waals surface area contributed by atoms with E-state index in [0.29, 0.717) is 5.92 Å². The van der Waals surface area contributed by atoms with Gasteiger partial charge < -0.3 is 9.67 Å². The molecule has 17 heavy (non-hydrogen) atoms. The van der Waals surface area contributed by atoms with Crippen molar-refractivity contribution in [1.29, 1.82) is 0 Å². The van der Waals surface area contributed by atoms with E-state index in [0.717, 1.165) is 11.7 Å². The van der Waals surface area contributed by atoms with Gasteiger partial charge in [-0.3, -0.25) is 4.79 Å². The number of rotatable bonds is 6. The van der Waals surface area contributed by atoms with Gasteiger partial charge in [0.25, 0.3) is 0 Å². The Balaban J connectivity index is 2.72. The number of hydrogen-bond donors (Lipinski definition) is 1. The van der Waals surface area contributed by atoms with E-state index in [9.17, 15) is 4.79 Å².